The van der Waals surface area contributed by atoms with Gasteiger partial charge in [-0.25, -0.2) is 0 Å². The minimum atomic E-state index is 0.625. The van der Waals surface area contributed by atoms with Gasteiger partial charge in [0.2, 0.25) is 0 Å². The third-order valence-corrected chi connectivity index (χ3v) is 3.51. The summed E-state index contributed by atoms with van der Waals surface area (Å²) in [5, 5.41) is 3.48. The zero-order valence-corrected chi connectivity index (χ0v) is 10.8. The number of hydrogen-bond donors (Lipinski definition) is 1. The summed E-state index contributed by atoms with van der Waals surface area (Å²) in [4.78, 5) is 0. The molecule has 0 atom stereocenters. The minimum absolute atomic E-state index is 0.625. The van der Waals surface area contributed by atoms with Crippen LogP contribution in [-0.2, 0) is 0 Å². The van der Waals surface area contributed by atoms with E-state index in [2.05, 4.69) is 18.3 Å². The molecule has 1 aromatic rings. The molecule has 0 bridgehead atoms. The molecule has 1 fully saturated rings. The summed E-state index contributed by atoms with van der Waals surface area (Å²) in [7, 11) is 3.40. The van der Waals surface area contributed by atoms with E-state index >= 15 is 0 Å². The molecule has 0 saturated heterocycles. The Labute approximate surface area is 103 Å². The third kappa shape index (κ3) is 2.55. The van der Waals surface area contributed by atoms with Crippen molar-refractivity contribution in [2.24, 2.45) is 0 Å². The molecule has 0 aromatic heterocycles. The van der Waals surface area contributed by atoms with E-state index in [1.54, 1.807) is 14.2 Å². The van der Waals surface area contributed by atoms with Gasteiger partial charge in [-0.15, -0.1) is 0 Å². The highest BCUT2D eigenvalue weighted by atomic mass is 16.5. The van der Waals surface area contributed by atoms with E-state index in [1.165, 1.54) is 18.4 Å². The lowest BCUT2D eigenvalue weighted by molar-refractivity contribution is 0.287. The highest BCUT2D eigenvalue weighted by Gasteiger charge is 2.31. The number of methoxy groups -OCH3 is 2. The fourth-order valence-electron chi connectivity index (χ4n) is 2.48. The molecular formula is C14H21NO2. The summed E-state index contributed by atoms with van der Waals surface area (Å²) in [5.74, 6) is 2.43. The second kappa shape index (κ2) is 5.41. The molecule has 17 heavy (non-hydrogen) atoms. The minimum Gasteiger partial charge on any atom is -0.497 e. The Morgan fingerprint density at radius 3 is 2.59 bits per heavy atom. The quantitative estimate of drug-likeness (QED) is 0.851. The molecule has 1 saturated carbocycles. The first-order chi connectivity index (χ1) is 8.28. The lowest BCUT2D eigenvalue weighted by atomic mass is 9.75. The Bertz CT molecular complexity index is 372. The Balaban J connectivity index is 2.06. The van der Waals surface area contributed by atoms with Crippen LogP contribution in [0.2, 0.25) is 0 Å². The predicted octanol–water partition coefficient (Wildman–Crippen LogP) is 2.56. The van der Waals surface area contributed by atoms with Gasteiger partial charge in [0.05, 0.1) is 14.2 Å². The van der Waals surface area contributed by atoms with E-state index in [4.69, 9.17) is 9.47 Å². The molecule has 1 N–H and O–H groups in total. The SMILES string of the molecule is CCNC1CC(c2ccc(OC)cc2OC)C1. The number of hydrogen-bond acceptors (Lipinski definition) is 3. The highest BCUT2D eigenvalue weighted by molar-refractivity contribution is 5.43. The van der Waals surface area contributed by atoms with E-state index in [9.17, 15) is 0 Å². The molecule has 0 spiro atoms. The van der Waals surface area contributed by atoms with Crippen LogP contribution < -0.4 is 14.8 Å². The molecule has 3 heteroatoms. The van der Waals surface area contributed by atoms with Gasteiger partial charge >= 0.3 is 0 Å². The molecule has 0 heterocycles. The maximum atomic E-state index is 5.44. The van der Waals surface area contributed by atoms with Crippen molar-refractivity contribution in [3.63, 3.8) is 0 Å². The van der Waals surface area contributed by atoms with Crippen LogP contribution in [0.1, 0.15) is 31.2 Å². The van der Waals surface area contributed by atoms with Crippen molar-refractivity contribution in [1.29, 1.82) is 0 Å². The lowest BCUT2D eigenvalue weighted by Gasteiger charge is -2.36. The number of nitrogens with one attached hydrogen (secondary N) is 1. The van der Waals surface area contributed by atoms with E-state index in [-0.39, 0.29) is 0 Å². The maximum absolute atomic E-state index is 5.44. The van der Waals surface area contributed by atoms with Crippen molar-refractivity contribution < 1.29 is 9.47 Å². The maximum Gasteiger partial charge on any atom is 0.126 e. The molecule has 0 amide bonds. The average molecular weight is 235 g/mol. The normalized spacial score (nSPS) is 23.0. The van der Waals surface area contributed by atoms with Crippen LogP contribution in [0.3, 0.4) is 0 Å². The van der Waals surface area contributed by atoms with Crippen LogP contribution in [0.15, 0.2) is 18.2 Å². The van der Waals surface area contributed by atoms with Crippen LogP contribution in [0.25, 0.3) is 0 Å². The van der Waals surface area contributed by atoms with Crippen LogP contribution >= 0.6 is 0 Å². The molecule has 94 valence electrons. The summed E-state index contributed by atoms with van der Waals surface area (Å²) < 4.78 is 10.6. The molecule has 2 rings (SSSR count). The smallest absolute Gasteiger partial charge is 0.126 e. The van der Waals surface area contributed by atoms with Gasteiger partial charge in [-0.05, 0) is 36.9 Å². The predicted molar refractivity (Wildman–Crippen MR) is 69.0 cm³/mol. The van der Waals surface area contributed by atoms with Crippen molar-refractivity contribution in [2.45, 2.75) is 31.7 Å². The van der Waals surface area contributed by atoms with E-state index in [0.717, 1.165) is 18.0 Å². The molecule has 1 aliphatic carbocycles. The van der Waals surface area contributed by atoms with Gasteiger partial charge in [-0.2, -0.15) is 0 Å². The number of benzene rings is 1. The summed E-state index contributed by atoms with van der Waals surface area (Å²) in [6, 6.07) is 6.79. The number of rotatable bonds is 5. The standard InChI is InChI=1S/C14H21NO2/c1-4-15-11-7-10(8-11)13-6-5-12(16-2)9-14(13)17-3/h5-6,9-11,15H,4,7-8H2,1-3H3. The second-order valence-electron chi connectivity index (χ2n) is 4.53. The van der Waals surface area contributed by atoms with Gasteiger partial charge in [0, 0.05) is 12.1 Å². The first kappa shape index (κ1) is 12.2. The van der Waals surface area contributed by atoms with Gasteiger partial charge in [-0.3, -0.25) is 0 Å². The highest BCUT2D eigenvalue weighted by Crippen LogP contribution is 2.42. The topological polar surface area (TPSA) is 30.5 Å². The van der Waals surface area contributed by atoms with Crippen molar-refractivity contribution in [2.75, 3.05) is 20.8 Å². The van der Waals surface area contributed by atoms with Crippen LogP contribution in [-0.4, -0.2) is 26.8 Å². The molecule has 0 unspecified atom stereocenters. The van der Waals surface area contributed by atoms with Crippen molar-refractivity contribution in [1.82, 2.24) is 5.32 Å². The monoisotopic (exact) mass is 235 g/mol. The van der Waals surface area contributed by atoms with E-state index < -0.39 is 0 Å². The van der Waals surface area contributed by atoms with Gasteiger partial charge in [-0.1, -0.05) is 13.0 Å². The molecular weight excluding hydrogens is 214 g/mol. The molecule has 1 aromatic carbocycles. The zero-order valence-electron chi connectivity index (χ0n) is 10.8. The molecule has 1 aliphatic rings. The van der Waals surface area contributed by atoms with Crippen molar-refractivity contribution in [3.8, 4) is 11.5 Å². The van der Waals surface area contributed by atoms with E-state index in [1.807, 2.05) is 12.1 Å². The summed E-state index contributed by atoms with van der Waals surface area (Å²) in [6.45, 7) is 3.21. The van der Waals surface area contributed by atoms with Crippen molar-refractivity contribution >= 4 is 0 Å². The average Bonchev–Trinajstić information content (AvgIpc) is 2.32. The zero-order chi connectivity index (χ0) is 12.3. The largest absolute Gasteiger partial charge is 0.497 e. The van der Waals surface area contributed by atoms with Gasteiger partial charge in [0.1, 0.15) is 11.5 Å². The van der Waals surface area contributed by atoms with Crippen molar-refractivity contribution in [3.05, 3.63) is 23.8 Å². The second-order valence-corrected chi connectivity index (χ2v) is 4.53. The first-order valence-corrected chi connectivity index (χ1v) is 6.23. The van der Waals surface area contributed by atoms with Crippen LogP contribution in [0.4, 0.5) is 0 Å². The fraction of sp³-hybridized carbons (Fsp3) is 0.571. The summed E-state index contributed by atoms with van der Waals surface area (Å²) >= 11 is 0. The molecule has 3 nitrogen and oxygen atoms in total. The Morgan fingerprint density at radius 2 is 2.00 bits per heavy atom. The lowest BCUT2D eigenvalue weighted by Crippen LogP contribution is -2.39. The van der Waals surface area contributed by atoms with Crippen LogP contribution in [0.5, 0.6) is 11.5 Å². The van der Waals surface area contributed by atoms with Gasteiger partial charge < -0.3 is 14.8 Å². The van der Waals surface area contributed by atoms with Gasteiger partial charge in [0.15, 0.2) is 0 Å². The number of ether oxygens (including phenoxy) is 2. The third-order valence-electron chi connectivity index (χ3n) is 3.51. The molecule has 0 radical (unpaired) electrons. The van der Waals surface area contributed by atoms with E-state index in [0.29, 0.717) is 12.0 Å². The van der Waals surface area contributed by atoms with Crippen LogP contribution in [0, 0.1) is 0 Å². The Kier molecular flexibility index (Phi) is 3.89. The first-order valence-electron chi connectivity index (χ1n) is 6.23. The Morgan fingerprint density at radius 1 is 1.24 bits per heavy atom. The Hall–Kier alpha value is -1.22. The molecule has 0 aliphatic heterocycles. The summed E-state index contributed by atoms with van der Waals surface area (Å²) in [6.07, 6.45) is 2.41. The summed E-state index contributed by atoms with van der Waals surface area (Å²) in [5.41, 5.74) is 1.31. The van der Waals surface area contributed by atoms with Gasteiger partial charge in [0.25, 0.3) is 0 Å². The fourth-order valence-corrected chi connectivity index (χ4v) is 2.48.